The summed E-state index contributed by atoms with van der Waals surface area (Å²) in [5.74, 6) is -1.04. The van der Waals surface area contributed by atoms with E-state index in [0.29, 0.717) is 18.7 Å². The van der Waals surface area contributed by atoms with Crippen LogP contribution in [0.25, 0.3) is 0 Å². The van der Waals surface area contributed by atoms with Crippen molar-refractivity contribution in [2.45, 2.75) is 44.8 Å². The number of fused-ring (bicyclic) bond motifs is 1. The third-order valence-electron chi connectivity index (χ3n) is 4.52. The van der Waals surface area contributed by atoms with Gasteiger partial charge in [-0.15, -0.1) is 0 Å². The average molecular weight is 320 g/mol. The van der Waals surface area contributed by atoms with Crippen LogP contribution in [0, 0.1) is 5.82 Å². The Bertz CT molecular complexity index is 618. The third-order valence-corrected chi connectivity index (χ3v) is 4.52. The zero-order chi connectivity index (χ0) is 16.4. The number of carbonyl (C=O) groups is 2. The summed E-state index contributed by atoms with van der Waals surface area (Å²) in [6.07, 6.45) is 4.25. The molecule has 0 aromatic heterocycles. The SMILES string of the molecule is CC(=O)Nc1cc(C(=O)N2CCOC3CCCCC32)ccc1F. The van der Waals surface area contributed by atoms with Crippen molar-refractivity contribution in [3.8, 4) is 0 Å². The van der Waals surface area contributed by atoms with Gasteiger partial charge in [0.15, 0.2) is 0 Å². The quantitative estimate of drug-likeness (QED) is 0.911. The van der Waals surface area contributed by atoms with Crippen molar-refractivity contribution >= 4 is 17.5 Å². The molecule has 0 radical (unpaired) electrons. The van der Waals surface area contributed by atoms with Crippen LogP contribution >= 0.6 is 0 Å². The molecule has 0 bridgehead atoms. The number of anilines is 1. The summed E-state index contributed by atoms with van der Waals surface area (Å²) >= 11 is 0. The molecule has 1 aromatic carbocycles. The normalized spacial score (nSPS) is 24.0. The van der Waals surface area contributed by atoms with Crippen LogP contribution in [-0.2, 0) is 9.53 Å². The first-order chi connectivity index (χ1) is 11.1. The highest BCUT2D eigenvalue weighted by Gasteiger charge is 2.37. The van der Waals surface area contributed by atoms with E-state index >= 15 is 0 Å². The fourth-order valence-corrected chi connectivity index (χ4v) is 3.46. The molecule has 3 rings (SSSR count). The van der Waals surface area contributed by atoms with E-state index in [-0.39, 0.29) is 29.6 Å². The van der Waals surface area contributed by atoms with Crippen LogP contribution in [-0.4, -0.2) is 42.0 Å². The van der Waals surface area contributed by atoms with Crippen molar-refractivity contribution in [2.24, 2.45) is 0 Å². The van der Waals surface area contributed by atoms with Gasteiger partial charge in [0.05, 0.1) is 24.4 Å². The van der Waals surface area contributed by atoms with Crippen molar-refractivity contribution < 1.29 is 18.7 Å². The Morgan fingerprint density at radius 2 is 2.09 bits per heavy atom. The molecule has 2 aliphatic rings. The Labute approximate surface area is 134 Å². The summed E-state index contributed by atoms with van der Waals surface area (Å²) in [6, 6.07) is 4.19. The van der Waals surface area contributed by atoms with Gasteiger partial charge in [-0.05, 0) is 31.0 Å². The van der Waals surface area contributed by atoms with E-state index in [1.165, 1.54) is 25.1 Å². The molecular formula is C17H21FN2O3. The first-order valence-corrected chi connectivity index (χ1v) is 8.06. The second-order valence-corrected chi connectivity index (χ2v) is 6.14. The first-order valence-electron chi connectivity index (χ1n) is 8.06. The van der Waals surface area contributed by atoms with E-state index in [2.05, 4.69) is 5.32 Å². The lowest BCUT2D eigenvalue weighted by Crippen LogP contribution is -2.54. The zero-order valence-corrected chi connectivity index (χ0v) is 13.2. The lowest BCUT2D eigenvalue weighted by Gasteiger charge is -2.43. The van der Waals surface area contributed by atoms with Crippen LogP contribution in [0.1, 0.15) is 43.0 Å². The van der Waals surface area contributed by atoms with Gasteiger partial charge < -0.3 is 15.0 Å². The highest BCUT2D eigenvalue weighted by molar-refractivity contribution is 5.97. The highest BCUT2D eigenvalue weighted by atomic mass is 19.1. The van der Waals surface area contributed by atoms with Crippen LogP contribution in [0.15, 0.2) is 18.2 Å². The molecule has 1 N–H and O–H groups in total. The van der Waals surface area contributed by atoms with Gasteiger partial charge in [-0.2, -0.15) is 0 Å². The van der Waals surface area contributed by atoms with Gasteiger partial charge >= 0.3 is 0 Å². The maximum Gasteiger partial charge on any atom is 0.254 e. The molecule has 1 heterocycles. The van der Waals surface area contributed by atoms with Crippen LogP contribution < -0.4 is 5.32 Å². The summed E-state index contributed by atoms with van der Waals surface area (Å²) < 4.78 is 19.5. The number of hydrogen-bond donors (Lipinski definition) is 1. The highest BCUT2D eigenvalue weighted by Crippen LogP contribution is 2.30. The summed E-state index contributed by atoms with van der Waals surface area (Å²) in [4.78, 5) is 25.8. The minimum atomic E-state index is -0.547. The standard InChI is InChI=1S/C17H21FN2O3/c1-11(21)19-14-10-12(6-7-13(14)18)17(22)20-8-9-23-16-5-3-2-4-15(16)20/h6-7,10,15-16H,2-5,8-9H2,1H3,(H,19,21). The number of benzene rings is 1. The molecule has 23 heavy (non-hydrogen) atoms. The Kier molecular flexibility index (Phi) is 4.61. The van der Waals surface area contributed by atoms with E-state index in [0.717, 1.165) is 25.7 Å². The second kappa shape index (κ2) is 6.66. The van der Waals surface area contributed by atoms with Crippen LogP contribution in [0.4, 0.5) is 10.1 Å². The lowest BCUT2D eigenvalue weighted by molar-refractivity contribution is -0.114. The molecule has 1 aromatic rings. The predicted octanol–water partition coefficient (Wildman–Crippen LogP) is 2.57. The lowest BCUT2D eigenvalue weighted by atomic mass is 9.89. The number of rotatable bonds is 2. The van der Waals surface area contributed by atoms with Crippen LogP contribution in [0.5, 0.6) is 0 Å². The Morgan fingerprint density at radius 3 is 2.87 bits per heavy atom. The third kappa shape index (κ3) is 3.37. The number of morpholine rings is 1. The Morgan fingerprint density at radius 1 is 1.30 bits per heavy atom. The summed E-state index contributed by atoms with van der Waals surface area (Å²) in [5.41, 5.74) is 0.429. The Balaban J connectivity index is 1.83. The average Bonchev–Trinajstić information content (AvgIpc) is 2.55. The molecule has 1 aliphatic carbocycles. The number of nitrogens with one attached hydrogen (secondary N) is 1. The number of hydrogen-bond acceptors (Lipinski definition) is 3. The smallest absolute Gasteiger partial charge is 0.254 e. The summed E-state index contributed by atoms with van der Waals surface area (Å²) in [5, 5.41) is 2.42. The number of carbonyl (C=O) groups excluding carboxylic acids is 2. The van der Waals surface area contributed by atoms with E-state index < -0.39 is 5.82 Å². The predicted molar refractivity (Wildman–Crippen MR) is 83.7 cm³/mol. The minimum absolute atomic E-state index is 0.0387. The molecule has 6 heteroatoms. The maximum atomic E-state index is 13.7. The van der Waals surface area contributed by atoms with Crippen molar-refractivity contribution in [3.63, 3.8) is 0 Å². The van der Waals surface area contributed by atoms with Crippen molar-refractivity contribution in [2.75, 3.05) is 18.5 Å². The van der Waals surface area contributed by atoms with Gasteiger partial charge in [0.25, 0.3) is 5.91 Å². The van der Waals surface area contributed by atoms with E-state index in [1.807, 2.05) is 4.90 Å². The molecule has 1 saturated heterocycles. The summed E-state index contributed by atoms with van der Waals surface area (Å²) in [6.45, 7) is 2.39. The molecule has 2 unspecified atom stereocenters. The maximum absolute atomic E-state index is 13.7. The number of ether oxygens (including phenoxy) is 1. The second-order valence-electron chi connectivity index (χ2n) is 6.14. The van der Waals surface area contributed by atoms with Gasteiger partial charge in [-0.25, -0.2) is 4.39 Å². The molecule has 2 atom stereocenters. The minimum Gasteiger partial charge on any atom is -0.374 e. The molecule has 1 aliphatic heterocycles. The molecule has 2 fully saturated rings. The molecule has 1 saturated carbocycles. The summed E-state index contributed by atoms with van der Waals surface area (Å²) in [7, 11) is 0. The zero-order valence-electron chi connectivity index (χ0n) is 13.2. The van der Waals surface area contributed by atoms with Crippen molar-refractivity contribution in [1.82, 2.24) is 4.90 Å². The van der Waals surface area contributed by atoms with E-state index in [1.54, 1.807) is 0 Å². The molecule has 2 amide bonds. The largest absolute Gasteiger partial charge is 0.374 e. The Hall–Kier alpha value is -1.95. The van der Waals surface area contributed by atoms with Gasteiger partial charge in [0.2, 0.25) is 5.91 Å². The molecular weight excluding hydrogens is 299 g/mol. The van der Waals surface area contributed by atoms with Gasteiger partial charge in [0.1, 0.15) is 5.82 Å². The number of amides is 2. The fourth-order valence-electron chi connectivity index (χ4n) is 3.46. The van der Waals surface area contributed by atoms with Gasteiger partial charge in [-0.3, -0.25) is 9.59 Å². The molecule has 124 valence electrons. The molecule has 0 spiro atoms. The number of halogens is 1. The van der Waals surface area contributed by atoms with E-state index in [4.69, 9.17) is 4.74 Å². The fraction of sp³-hybridized carbons (Fsp3) is 0.529. The van der Waals surface area contributed by atoms with Crippen molar-refractivity contribution in [3.05, 3.63) is 29.6 Å². The number of nitrogens with zero attached hydrogens (tertiary/aromatic N) is 1. The van der Waals surface area contributed by atoms with Crippen molar-refractivity contribution in [1.29, 1.82) is 0 Å². The van der Waals surface area contributed by atoms with Gasteiger partial charge in [0, 0.05) is 19.0 Å². The first kappa shape index (κ1) is 15.9. The monoisotopic (exact) mass is 320 g/mol. The topological polar surface area (TPSA) is 58.6 Å². The van der Waals surface area contributed by atoms with Crippen LogP contribution in [0.3, 0.4) is 0 Å². The van der Waals surface area contributed by atoms with Gasteiger partial charge in [-0.1, -0.05) is 12.8 Å². The molecule has 5 nitrogen and oxygen atoms in total. The van der Waals surface area contributed by atoms with Crippen LogP contribution in [0.2, 0.25) is 0 Å². The van der Waals surface area contributed by atoms with E-state index in [9.17, 15) is 14.0 Å².